The van der Waals surface area contributed by atoms with Crippen molar-refractivity contribution < 1.29 is 19.4 Å². The van der Waals surface area contributed by atoms with Crippen LogP contribution in [-0.4, -0.2) is 16.2 Å². The van der Waals surface area contributed by atoms with Gasteiger partial charge in [0.05, 0.1) is 5.92 Å². The van der Waals surface area contributed by atoms with Crippen molar-refractivity contribution in [3.8, 4) is 0 Å². The predicted molar refractivity (Wildman–Crippen MR) is 66.6 cm³/mol. The lowest BCUT2D eigenvalue weighted by atomic mass is 9.80. The second-order valence-corrected chi connectivity index (χ2v) is 4.69. The normalized spacial score (nSPS) is 16.0. The van der Waals surface area contributed by atoms with Crippen molar-refractivity contribution in [2.24, 2.45) is 5.92 Å². The van der Waals surface area contributed by atoms with E-state index in [-0.39, 0.29) is 0 Å². The van der Waals surface area contributed by atoms with Crippen LogP contribution in [0.5, 0.6) is 0 Å². The summed E-state index contributed by atoms with van der Waals surface area (Å²) in [5.74, 6) is -2.47. The van der Waals surface area contributed by atoms with Crippen LogP contribution in [0.4, 0.5) is 4.39 Å². The van der Waals surface area contributed by atoms with E-state index < -0.39 is 23.3 Å². The van der Waals surface area contributed by atoms with Gasteiger partial charge in [0.1, 0.15) is 11.4 Å². The summed E-state index contributed by atoms with van der Waals surface area (Å²) < 4.78 is 13.2. The molecule has 4 heteroatoms. The molecule has 0 radical (unpaired) electrons. The van der Waals surface area contributed by atoms with Gasteiger partial charge in [-0.25, -0.2) is 4.39 Å². The molecule has 0 bridgehead atoms. The lowest BCUT2D eigenvalue weighted by molar-refractivity contribution is -0.152. The first kappa shape index (κ1) is 14.6. The number of hydrogen-bond acceptors (Lipinski definition) is 2. The zero-order valence-electron chi connectivity index (χ0n) is 10.7. The summed E-state index contributed by atoms with van der Waals surface area (Å²) in [6.07, 6.45) is 1.93. The molecule has 0 aliphatic rings. The van der Waals surface area contributed by atoms with Gasteiger partial charge < -0.3 is 10.2 Å². The zero-order valence-corrected chi connectivity index (χ0v) is 10.7. The first-order valence-electron chi connectivity index (χ1n) is 6.10. The SMILES string of the molecule is CCCCC(C(=O)O)C(C)(O)c1cccc(F)c1. The molecule has 1 rings (SSSR count). The number of aliphatic hydroxyl groups is 1. The van der Waals surface area contributed by atoms with E-state index in [2.05, 4.69) is 0 Å². The van der Waals surface area contributed by atoms with Crippen molar-refractivity contribution in [2.75, 3.05) is 0 Å². The summed E-state index contributed by atoms with van der Waals surface area (Å²) in [4.78, 5) is 11.3. The fourth-order valence-electron chi connectivity index (χ4n) is 2.06. The Balaban J connectivity index is 3.04. The highest BCUT2D eigenvalue weighted by Gasteiger charge is 2.38. The summed E-state index contributed by atoms with van der Waals surface area (Å²) in [6.45, 7) is 3.38. The van der Waals surface area contributed by atoms with E-state index in [4.69, 9.17) is 0 Å². The molecule has 0 fully saturated rings. The Labute approximate surface area is 106 Å². The van der Waals surface area contributed by atoms with Gasteiger partial charge in [-0.05, 0) is 31.0 Å². The van der Waals surface area contributed by atoms with Crippen LogP contribution in [0.25, 0.3) is 0 Å². The number of carboxylic acids is 1. The predicted octanol–water partition coefficient (Wildman–Crippen LogP) is 2.92. The van der Waals surface area contributed by atoms with Gasteiger partial charge in [-0.1, -0.05) is 31.9 Å². The fourth-order valence-corrected chi connectivity index (χ4v) is 2.06. The van der Waals surface area contributed by atoms with Crippen LogP contribution in [0.2, 0.25) is 0 Å². The molecule has 0 amide bonds. The summed E-state index contributed by atoms with van der Waals surface area (Å²) in [7, 11) is 0. The summed E-state index contributed by atoms with van der Waals surface area (Å²) in [6, 6.07) is 5.46. The van der Waals surface area contributed by atoms with Gasteiger partial charge in [0.25, 0.3) is 0 Å². The van der Waals surface area contributed by atoms with Crippen molar-refractivity contribution >= 4 is 5.97 Å². The van der Waals surface area contributed by atoms with Crippen LogP contribution in [-0.2, 0) is 10.4 Å². The minimum atomic E-state index is -1.57. The molecule has 2 N–H and O–H groups in total. The Bertz CT molecular complexity index is 415. The van der Waals surface area contributed by atoms with Crippen LogP contribution in [0.3, 0.4) is 0 Å². The maximum atomic E-state index is 13.2. The maximum absolute atomic E-state index is 13.2. The summed E-state index contributed by atoms with van der Waals surface area (Å²) in [5, 5.41) is 19.6. The molecule has 2 atom stereocenters. The van der Waals surface area contributed by atoms with E-state index in [9.17, 15) is 19.4 Å². The molecule has 2 unspecified atom stereocenters. The first-order chi connectivity index (χ1) is 8.39. The van der Waals surface area contributed by atoms with Gasteiger partial charge >= 0.3 is 5.97 Å². The van der Waals surface area contributed by atoms with Gasteiger partial charge in [0, 0.05) is 0 Å². The number of carboxylic acid groups (broad SMARTS) is 1. The monoisotopic (exact) mass is 254 g/mol. The lowest BCUT2D eigenvalue weighted by Gasteiger charge is -2.30. The Hall–Kier alpha value is -1.42. The lowest BCUT2D eigenvalue weighted by Crippen LogP contribution is -2.37. The average molecular weight is 254 g/mol. The maximum Gasteiger partial charge on any atom is 0.309 e. The minimum Gasteiger partial charge on any atom is -0.481 e. The Morgan fingerprint density at radius 3 is 2.67 bits per heavy atom. The zero-order chi connectivity index (χ0) is 13.8. The molecule has 100 valence electrons. The van der Waals surface area contributed by atoms with E-state index in [1.54, 1.807) is 6.07 Å². The topological polar surface area (TPSA) is 57.5 Å². The average Bonchev–Trinajstić information content (AvgIpc) is 2.28. The van der Waals surface area contributed by atoms with Gasteiger partial charge in [-0.15, -0.1) is 0 Å². The molecule has 1 aromatic rings. The van der Waals surface area contributed by atoms with Crippen molar-refractivity contribution in [1.29, 1.82) is 0 Å². The van der Waals surface area contributed by atoms with Crippen molar-refractivity contribution in [1.82, 2.24) is 0 Å². The molecular weight excluding hydrogens is 235 g/mol. The molecule has 0 spiro atoms. The van der Waals surface area contributed by atoms with Crippen LogP contribution in [0.15, 0.2) is 24.3 Å². The van der Waals surface area contributed by atoms with Gasteiger partial charge in [-0.2, -0.15) is 0 Å². The molecular formula is C14H19FO3. The molecule has 0 aliphatic carbocycles. The minimum absolute atomic E-state index is 0.297. The Kier molecular flexibility index (Phi) is 4.84. The van der Waals surface area contributed by atoms with Gasteiger partial charge in [-0.3, -0.25) is 4.79 Å². The van der Waals surface area contributed by atoms with Crippen LogP contribution in [0, 0.1) is 11.7 Å². The third kappa shape index (κ3) is 3.29. The summed E-state index contributed by atoms with van der Waals surface area (Å²) >= 11 is 0. The number of carbonyl (C=O) groups is 1. The van der Waals surface area contributed by atoms with E-state index in [0.717, 1.165) is 6.42 Å². The summed E-state index contributed by atoms with van der Waals surface area (Å²) in [5.41, 5.74) is -1.27. The van der Waals surface area contributed by atoms with E-state index >= 15 is 0 Å². The highest BCUT2D eigenvalue weighted by Crippen LogP contribution is 2.33. The number of hydrogen-bond donors (Lipinski definition) is 2. The van der Waals surface area contributed by atoms with Crippen LogP contribution in [0.1, 0.15) is 38.7 Å². The number of benzene rings is 1. The largest absolute Gasteiger partial charge is 0.481 e. The molecule has 18 heavy (non-hydrogen) atoms. The fraction of sp³-hybridized carbons (Fsp3) is 0.500. The Morgan fingerprint density at radius 1 is 1.50 bits per heavy atom. The van der Waals surface area contributed by atoms with E-state index in [1.807, 2.05) is 6.92 Å². The van der Waals surface area contributed by atoms with Crippen molar-refractivity contribution in [3.05, 3.63) is 35.6 Å². The number of halogens is 1. The molecule has 0 aromatic heterocycles. The second kappa shape index (κ2) is 5.96. The number of rotatable bonds is 6. The van der Waals surface area contributed by atoms with Crippen molar-refractivity contribution in [2.45, 2.75) is 38.7 Å². The number of aliphatic carboxylic acids is 1. The molecule has 0 saturated carbocycles. The van der Waals surface area contributed by atoms with Crippen molar-refractivity contribution in [3.63, 3.8) is 0 Å². The van der Waals surface area contributed by atoms with Crippen LogP contribution < -0.4 is 0 Å². The molecule has 0 aliphatic heterocycles. The third-order valence-corrected chi connectivity index (χ3v) is 3.23. The Morgan fingerprint density at radius 2 is 2.17 bits per heavy atom. The highest BCUT2D eigenvalue weighted by molar-refractivity contribution is 5.71. The van der Waals surface area contributed by atoms with Crippen LogP contribution >= 0.6 is 0 Å². The van der Waals surface area contributed by atoms with E-state index in [0.29, 0.717) is 18.4 Å². The molecule has 0 saturated heterocycles. The second-order valence-electron chi connectivity index (χ2n) is 4.69. The van der Waals surface area contributed by atoms with Gasteiger partial charge in [0.15, 0.2) is 0 Å². The third-order valence-electron chi connectivity index (χ3n) is 3.23. The van der Waals surface area contributed by atoms with E-state index in [1.165, 1.54) is 25.1 Å². The molecule has 0 heterocycles. The molecule has 1 aromatic carbocycles. The van der Waals surface area contributed by atoms with Gasteiger partial charge in [0.2, 0.25) is 0 Å². The smallest absolute Gasteiger partial charge is 0.309 e. The highest BCUT2D eigenvalue weighted by atomic mass is 19.1. The molecule has 3 nitrogen and oxygen atoms in total. The quantitative estimate of drug-likeness (QED) is 0.820. The standard InChI is InChI=1S/C14H19FO3/c1-3-4-8-12(13(16)17)14(2,18)10-6-5-7-11(15)9-10/h5-7,9,12,18H,3-4,8H2,1-2H3,(H,16,17). The first-order valence-corrected chi connectivity index (χ1v) is 6.10. The number of unbranched alkanes of at least 4 members (excludes halogenated alkanes) is 1.